The highest BCUT2D eigenvalue weighted by Gasteiger charge is 2.20. The highest BCUT2D eigenvalue weighted by Crippen LogP contribution is 2.28. The Morgan fingerprint density at radius 1 is 1.45 bits per heavy atom. The van der Waals surface area contributed by atoms with Crippen molar-refractivity contribution in [2.45, 2.75) is 45.1 Å². The van der Waals surface area contributed by atoms with Crippen molar-refractivity contribution in [3.05, 3.63) is 29.8 Å². The zero-order chi connectivity index (χ0) is 30.2. The van der Waals surface area contributed by atoms with Gasteiger partial charge in [-0.3, -0.25) is 0 Å². The molecular formula is C18H29NO3. The second kappa shape index (κ2) is 9.13. The van der Waals surface area contributed by atoms with Gasteiger partial charge in [-0.2, -0.15) is 0 Å². The lowest BCUT2D eigenvalue weighted by Crippen LogP contribution is -2.35. The lowest BCUT2D eigenvalue weighted by atomic mass is 10.1. The fourth-order valence-electron chi connectivity index (χ4n) is 1.20. The number of ether oxygens (including phenoxy) is 2. The Morgan fingerprint density at radius 2 is 2.18 bits per heavy atom. The molecule has 0 bridgehead atoms. The Labute approximate surface area is 156 Å². The second-order valence-electron chi connectivity index (χ2n) is 4.56. The number of nitrogens with one attached hydrogen (secondary N) is 1. The van der Waals surface area contributed by atoms with Gasteiger partial charge in [0.15, 0.2) is 0 Å². The summed E-state index contributed by atoms with van der Waals surface area (Å²) in [7, 11) is 0. The first-order valence-corrected chi connectivity index (χ1v) is 6.55. The van der Waals surface area contributed by atoms with E-state index in [1.165, 1.54) is 13.8 Å². The normalized spacial score (nSPS) is 37.5. The van der Waals surface area contributed by atoms with E-state index in [4.69, 9.17) is 26.7 Å². The third-order valence-electron chi connectivity index (χ3n) is 2.25. The standard InChI is InChI=1S/C18H29NO3/c1-14(2)19-11-17(20)13-22-18-7-5-15(6-8-18)9-10-21-12-16-3-4-16/h5-8,14,16-17,19-20H,3-4,9-13H2,1-2H3/i3D2,4D2,9D2,10D2,11D2,12D2,13D2,16D,17D. The Kier molecular flexibility index (Phi) is 2.39. The van der Waals surface area contributed by atoms with Crippen LogP contribution in [0.15, 0.2) is 24.3 Å². The molecule has 0 spiro atoms. The summed E-state index contributed by atoms with van der Waals surface area (Å²) in [5, 5.41) is 12.5. The van der Waals surface area contributed by atoms with Crippen LogP contribution in [-0.2, 0) is 11.1 Å². The molecule has 0 heterocycles. The van der Waals surface area contributed by atoms with Gasteiger partial charge in [0.1, 0.15) is 18.4 Å². The van der Waals surface area contributed by atoms with Crippen molar-refractivity contribution in [2.75, 3.05) is 26.2 Å². The molecule has 1 atom stereocenters. The summed E-state index contributed by atoms with van der Waals surface area (Å²) in [5.41, 5.74) is -0.509. The summed E-state index contributed by atoms with van der Waals surface area (Å²) in [4.78, 5) is 0. The molecule has 0 aliphatic heterocycles. The zero-order valence-corrected chi connectivity index (χ0v) is 12.2. The van der Waals surface area contributed by atoms with E-state index in [1.807, 2.05) is 0 Å². The van der Waals surface area contributed by atoms with Gasteiger partial charge in [-0.25, -0.2) is 0 Å². The van der Waals surface area contributed by atoms with Crippen molar-refractivity contribution >= 4 is 0 Å². The van der Waals surface area contributed by atoms with Crippen molar-refractivity contribution < 1.29 is 36.5 Å². The first kappa shape index (κ1) is 5.76. The minimum absolute atomic E-state index is 0.415. The molecular weight excluding hydrogens is 278 g/mol. The van der Waals surface area contributed by atoms with Crippen LogP contribution in [0, 0.1) is 5.89 Å². The molecule has 4 nitrogen and oxygen atoms in total. The SMILES string of the molecule is [2H]C([2H])(NC(C)C)C([2H])(O)C([2H])([2H])Oc1ccc(C([2H])([2H])C([2H])([2H])OC([2H])([2H])C2([2H])C([2H])([2H])C2([2H])[2H])cc1. The predicted molar refractivity (Wildman–Crippen MR) is 88.3 cm³/mol. The molecule has 1 fully saturated rings. The average molecular weight is 324 g/mol. The van der Waals surface area contributed by atoms with Gasteiger partial charge in [-0.05, 0) is 42.7 Å². The van der Waals surface area contributed by atoms with Gasteiger partial charge in [0.2, 0.25) is 0 Å². The summed E-state index contributed by atoms with van der Waals surface area (Å²) in [6.45, 7) is -10.5. The number of hydrogen-bond acceptors (Lipinski definition) is 4. The monoisotopic (exact) mass is 323 g/mol. The van der Waals surface area contributed by atoms with E-state index in [0.29, 0.717) is 0 Å². The van der Waals surface area contributed by atoms with Crippen molar-refractivity contribution in [1.29, 1.82) is 0 Å². The molecule has 4 heteroatoms. The minimum atomic E-state index is -3.61. The van der Waals surface area contributed by atoms with Crippen LogP contribution in [-0.4, -0.2) is 43.4 Å². The third kappa shape index (κ3) is 7.25. The Bertz CT molecular complexity index is 1010. The third-order valence-corrected chi connectivity index (χ3v) is 2.25. The molecule has 0 aromatic heterocycles. The van der Waals surface area contributed by atoms with Gasteiger partial charge in [0.25, 0.3) is 0 Å². The fourth-order valence-corrected chi connectivity index (χ4v) is 1.20. The number of benzene rings is 1. The van der Waals surface area contributed by atoms with Crippen molar-refractivity contribution in [2.24, 2.45) is 5.89 Å². The fraction of sp³-hybridized carbons (Fsp3) is 0.667. The second-order valence-corrected chi connectivity index (χ2v) is 4.56. The van der Waals surface area contributed by atoms with Crippen LogP contribution < -0.4 is 10.1 Å². The Balaban J connectivity index is 2.29. The number of rotatable bonds is 11. The molecule has 0 radical (unpaired) electrons. The van der Waals surface area contributed by atoms with E-state index in [9.17, 15) is 5.11 Å². The predicted octanol–water partition coefficient (Wildman–Crippen LogP) is 2.39. The molecule has 1 aromatic rings. The van der Waals surface area contributed by atoms with Gasteiger partial charge in [0.05, 0.1) is 16.2 Å². The Hall–Kier alpha value is -1.10. The van der Waals surface area contributed by atoms with E-state index >= 15 is 0 Å². The Morgan fingerprint density at radius 3 is 2.82 bits per heavy atom. The van der Waals surface area contributed by atoms with Gasteiger partial charge in [-0.1, -0.05) is 26.0 Å². The van der Waals surface area contributed by atoms with Gasteiger partial charge in [0, 0.05) is 31.4 Å². The summed E-state index contributed by atoms with van der Waals surface area (Å²) in [5.74, 6) is -3.61. The number of aliphatic hydroxyl groups is 1. The van der Waals surface area contributed by atoms with Gasteiger partial charge < -0.3 is 19.9 Å². The lowest BCUT2D eigenvalue weighted by Gasteiger charge is -2.15. The molecule has 22 heavy (non-hydrogen) atoms. The maximum absolute atomic E-state index is 10.3. The van der Waals surface area contributed by atoms with Gasteiger partial charge >= 0.3 is 0 Å². The highest BCUT2D eigenvalue weighted by atomic mass is 16.5. The van der Waals surface area contributed by atoms with E-state index in [1.54, 1.807) is 0 Å². The molecule has 1 saturated carbocycles. The molecule has 2 N–H and O–H groups in total. The zero-order valence-electron chi connectivity index (χ0n) is 28.2. The quantitative estimate of drug-likeness (QED) is 0.656. The van der Waals surface area contributed by atoms with E-state index in [0.717, 1.165) is 24.3 Å². The molecule has 0 saturated heterocycles. The van der Waals surface area contributed by atoms with Crippen LogP contribution in [0.3, 0.4) is 0 Å². The topological polar surface area (TPSA) is 50.7 Å². The number of aryl methyl sites for hydroxylation is 1. The minimum Gasteiger partial charge on any atom is -0.491 e. The average Bonchev–Trinajstić information content (AvgIpc) is 3.03. The first-order valence-electron chi connectivity index (χ1n) is 14.6. The van der Waals surface area contributed by atoms with E-state index in [-0.39, 0.29) is 0 Å². The molecule has 1 aliphatic carbocycles. The molecule has 2 rings (SSSR count). The van der Waals surface area contributed by atoms with E-state index in [2.05, 4.69) is 10.1 Å². The summed E-state index contributed by atoms with van der Waals surface area (Å²) in [6.07, 6.45) is -12.8. The molecule has 1 unspecified atom stereocenters. The molecule has 0 amide bonds. The summed E-state index contributed by atoms with van der Waals surface area (Å²) >= 11 is 0. The maximum atomic E-state index is 10.3. The van der Waals surface area contributed by atoms with Crippen molar-refractivity contribution in [3.8, 4) is 5.75 Å². The summed E-state index contributed by atoms with van der Waals surface area (Å²) < 4.78 is 135. The molecule has 124 valence electrons. The van der Waals surface area contributed by atoms with Crippen LogP contribution in [0.5, 0.6) is 5.75 Å². The number of hydrogen-bond donors (Lipinski definition) is 2. The van der Waals surface area contributed by atoms with Crippen LogP contribution in [0.2, 0.25) is 0 Å². The van der Waals surface area contributed by atoms with Crippen LogP contribution in [0.1, 0.15) is 54.1 Å². The summed E-state index contributed by atoms with van der Waals surface area (Å²) in [6, 6.07) is 3.03. The van der Waals surface area contributed by atoms with Crippen LogP contribution >= 0.6 is 0 Å². The van der Waals surface area contributed by atoms with Gasteiger partial charge in [-0.15, -0.1) is 0 Å². The van der Waals surface area contributed by atoms with Crippen LogP contribution in [0.25, 0.3) is 0 Å². The largest absolute Gasteiger partial charge is 0.491 e. The van der Waals surface area contributed by atoms with Crippen molar-refractivity contribution in [3.63, 3.8) is 0 Å². The van der Waals surface area contributed by atoms with Crippen LogP contribution in [0.4, 0.5) is 0 Å². The smallest absolute Gasteiger partial charge is 0.119 e. The van der Waals surface area contributed by atoms with E-state index < -0.39 is 74.6 Å². The lowest BCUT2D eigenvalue weighted by molar-refractivity contribution is 0.104. The molecule has 1 aliphatic rings. The maximum Gasteiger partial charge on any atom is 0.119 e. The van der Waals surface area contributed by atoms with Crippen molar-refractivity contribution in [1.82, 2.24) is 5.32 Å². The molecule has 1 aromatic carbocycles. The first-order chi connectivity index (χ1) is 16.6. The highest BCUT2D eigenvalue weighted by molar-refractivity contribution is 5.27.